The standard InChI is InChI=1S/C38H28N2O/c1-3-10-25(11-4-1)37-38(26-12-5-2-6-13-26)40-34-23-29(19-21-33(34)39-37)27-14-9-15-28(22-27)30-18-20-32-31-16-7-8-17-35(31)41-36(32)24-30/h1-24,37-40H. The second-order valence-corrected chi connectivity index (χ2v) is 10.7. The van der Waals surface area contributed by atoms with Crippen molar-refractivity contribution < 1.29 is 4.42 Å². The quantitative estimate of drug-likeness (QED) is 0.239. The highest BCUT2D eigenvalue weighted by atomic mass is 16.3. The summed E-state index contributed by atoms with van der Waals surface area (Å²) in [4.78, 5) is 0. The van der Waals surface area contributed by atoms with Gasteiger partial charge in [-0.1, -0.05) is 109 Å². The summed E-state index contributed by atoms with van der Waals surface area (Å²) in [6.07, 6.45) is 0. The fourth-order valence-corrected chi connectivity index (χ4v) is 6.13. The van der Waals surface area contributed by atoms with Crippen LogP contribution in [0.2, 0.25) is 0 Å². The van der Waals surface area contributed by atoms with Gasteiger partial charge in [0.05, 0.1) is 23.5 Å². The van der Waals surface area contributed by atoms with Crippen LogP contribution >= 0.6 is 0 Å². The monoisotopic (exact) mass is 528 g/mol. The Kier molecular flexibility index (Phi) is 5.60. The van der Waals surface area contributed by atoms with E-state index in [0.717, 1.165) is 38.9 Å². The van der Waals surface area contributed by atoms with Crippen LogP contribution in [0.3, 0.4) is 0 Å². The molecule has 0 amide bonds. The molecule has 2 unspecified atom stereocenters. The average molecular weight is 529 g/mol. The summed E-state index contributed by atoms with van der Waals surface area (Å²) in [6, 6.07) is 51.7. The zero-order valence-corrected chi connectivity index (χ0v) is 22.4. The fourth-order valence-electron chi connectivity index (χ4n) is 6.13. The maximum absolute atomic E-state index is 6.16. The molecule has 3 nitrogen and oxygen atoms in total. The van der Waals surface area contributed by atoms with Crippen LogP contribution in [0.5, 0.6) is 0 Å². The molecule has 1 aliphatic heterocycles. The molecular weight excluding hydrogens is 500 g/mol. The van der Waals surface area contributed by atoms with Crippen molar-refractivity contribution >= 4 is 33.3 Å². The van der Waals surface area contributed by atoms with Gasteiger partial charge in [0.1, 0.15) is 11.2 Å². The van der Waals surface area contributed by atoms with Gasteiger partial charge in [0.2, 0.25) is 0 Å². The lowest BCUT2D eigenvalue weighted by molar-refractivity contribution is 0.636. The largest absolute Gasteiger partial charge is 0.456 e. The molecule has 8 rings (SSSR count). The van der Waals surface area contributed by atoms with E-state index >= 15 is 0 Å². The van der Waals surface area contributed by atoms with Crippen molar-refractivity contribution in [2.45, 2.75) is 12.1 Å². The number of rotatable bonds is 4. The molecular formula is C38H28N2O. The van der Waals surface area contributed by atoms with E-state index in [9.17, 15) is 0 Å². The van der Waals surface area contributed by atoms with E-state index in [0.29, 0.717) is 0 Å². The SMILES string of the molecule is c1ccc(C2Nc3ccc(-c4cccc(-c5ccc6c(c5)oc5ccccc56)c4)cc3NC2c2ccccc2)cc1. The lowest BCUT2D eigenvalue weighted by atomic mass is 9.90. The molecule has 0 saturated carbocycles. The molecule has 0 saturated heterocycles. The van der Waals surface area contributed by atoms with Crippen LogP contribution in [0.15, 0.2) is 150 Å². The van der Waals surface area contributed by atoms with Crippen molar-refractivity contribution in [1.29, 1.82) is 0 Å². The molecule has 0 bridgehead atoms. The number of benzene rings is 6. The second-order valence-electron chi connectivity index (χ2n) is 10.7. The van der Waals surface area contributed by atoms with Crippen LogP contribution < -0.4 is 10.6 Å². The van der Waals surface area contributed by atoms with Gasteiger partial charge in [0, 0.05) is 10.8 Å². The fraction of sp³-hybridized carbons (Fsp3) is 0.0526. The molecule has 2 atom stereocenters. The number of furan rings is 1. The number of hydrogen-bond donors (Lipinski definition) is 2. The third kappa shape index (κ3) is 4.23. The molecule has 196 valence electrons. The van der Waals surface area contributed by atoms with Gasteiger partial charge in [-0.15, -0.1) is 0 Å². The summed E-state index contributed by atoms with van der Waals surface area (Å²) in [5.41, 5.74) is 11.2. The Bertz CT molecular complexity index is 2010. The first-order chi connectivity index (χ1) is 20.3. The Morgan fingerprint density at radius 2 is 0.951 bits per heavy atom. The van der Waals surface area contributed by atoms with E-state index in [1.165, 1.54) is 27.8 Å². The average Bonchev–Trinajstić information content (AvgIpc) is 3.43. The molecule has 0 fully saturated rings. The number of para-hydroxylation sites is 1. The topological polar surface area (TPSA) is 37.2 Å². The van der Waals surface area contributed by atoms with Crippen LogP contribution in [0, 0.1) is 0 Å². The molecule has 41 heavy (non-hydrogen) atoms. The summed E-state index contributed by atoms with van der Waals surface area (Å²) in [5, 5.41) is 10.0. The molecule has 2 heterocycles. The summed E-state index contributed by atoms with van der Waals surface area (Å²) < 4.78 is 6.16. The smallest absolute Gasteiger partial charge is 0.136 e. The lowest BCUT2D eigenvalue weighted by Crippen LogP contribution is -2.30. The van der Waals surface area contributed by atoms with Crippen LogP contribution in [0.1, 0.15) is 23.2 Å². The van der Waals surface area contributed by atoms with Crippen LogP contribution in [-0.4, -0.2) is 0 Å². The third-order valence-corrected chi connectivity index (χ3v) is 8.20. The van der Waals surface area contributed by atoms with Gasteiger partial charge in [-0.25, -0.2) is 0 Å². The Hall–Kier alpha value is -5.28. The Morgan fingerprint density at radius 1 is 0.390 bits per heavy atom. The molecule has 0 aliphatic carbocycles. The normalized spacial score (nSPS) is 16.2. The summed E-state index contributed by atoms with van der Waals surface area (Å²) in [7, 11) is 0. The summed E-state index contributed by atoms with van der Waals surface area (Å²) >= 11 is 0. The van der Waals surface area contributed by atoms with Gasteiger partial charge in [-0.05, 0) is 69.8 Å². The zero-order valence-electron chi connectivity index (χ0n) is 22.4. The molecule has 2 N–H and O–H groups in total. The van der Waals surface area contributed by atoms with Crippen molar-refractivity contribution in [3.63, 3.8) is 0 Å². The zero-order chi connectivity index (χ0) is 27.2. The van der Waals surface area contributed by atoms with E-state index in [1.54, 1.807) is 0 Å². The maximum Gasteiger partial charge on any atom is 0.136 e. The van der Waals surface area contributed by atoms with Crippen molar-refractivity contribution in [3.8, 4) is 22.3 Å². The molecule has 3 heteroatoms. The molecule has 6 aromatic carbocycles. The van der Waals surface area contributed by atoms with Gasteiger partial charge < -0.3 is 15.1 Å². The van der Waals surface area contributed by atoms with E-state index in [4.69, 9.17) is 4.42 Å². The van der Waals surface area contributed by atoms with E-state index < -0.39 is 0 Å². The van der Waals surface area contributed by atoms with Gasteiger partial charge in [-0.3, -0.25) is 0 Å². The molecule has 1 aromatic heterocycles. The minimum atomic E-state index is 0.100. The van der Waals surface area contributed by atoms with Crippen molar-refractivity contribution in [3.05, 3.63) is 157 Å². The molecule has 0 spiro atoms. The van der Waals surface area contributed by atoms with Crippen molar-refractivity contribution in [2.24, 2.45) is 0 Å². The summed E-state index contributed by atoms with van der Waals surface area (Å²) in [6.45, 7) is 0. The first-order valence-corrected chi connectivity index (χ1v) is 14.1. The second kappa shape index (κ2) is 9.72. The minimum absolute atomic E-state index is 0.100. The highest BCUT2D eigenvalue weighted by molar-refractivity contribution is 6.05. The number of anilines is 2. The van der Waals surface area contributed by atoms with Crippen LogP contribution in [0.4, 0.5) is 11.4 Å². The van der Waals surface area contributed by atoms with Crippen molar-refractivity contribution in [2.75, 3.05) is 10.6 Å². The van der Waals surface area contributed by atoms with E-state index in [1.807, 2.05) is 12.1 Å². The first kappa shape index (κ1) is 23.6. The predicted molar refractivity (Wildman–Crippen MR) is 170 cm³/mol. The third-order valence-electron chi connectivity index (χ3n) is 8.20. The molecule has 1 aliphatic rings. The molecule has 7 aromatic rings. The Balaban J connectivity index is 1.15. The number of nitrogens with one attached hydrogen (secondary N) is 2. The first-order valence-electron chi connectivity index (χ1n) is 14.1. The maximum atomic E-state index is 6.16. The van der Waals surface area contributed by atoms with Crippen LogP contribution in [-0.2, 0) is 0 Å². The van der Waals surface area contributed by atoms with Crippen molar-refractivity contribution in [1.82, 2.24) is 0 Å². The highest BCUT2D eigenvalue weighted by Crippen LogP contribution is 2.44. The predicted octanol–water partition coefficient (Wildman–Crippen LogP) is 10.2. The van der Waals surface area contributed by atoms with Gasteiger partial charge in [0.25, 0.3) is 0 Å². The molecule has 0 radical (unpaired) electrons. The summed E-state index contributed by atoms with van der Waals surface area (Å²) in [5.74, 6) is 0. The highest BCUT2D eigenvalue weighted by Gasteiger charge is 2.30. The van der Waals surface area contributed by atoms with E-state index in [-0.39, 0.29) is 12.1 Å². The van der Waals surface area contributed by atoms with Crippen LogP contribution in [0.25, 0.3) is 44.2 Å². The van der Waals surface area contributed by atoms with Gasteiger partial charge in [-0.2, -0.15) is 0 Å². The van der Waals surface area contributed by atoms with E-state index in [2.05, 4.69) is 144 Å². The minimum Gasteiger partial charge on any atom is -0.456 e. The Morgan fingerprint density at radius 3 is 1.68 bits per heavy atom. The van der Waals surface area contributed by atoms with Gasteiger partial charge in [0.15, 0.2) is 0 Å². The number of fused-ring (bicyclic) bond motifs is 4. The Labute approximate surface area is 239 Å². The van der Waals surface area contributed by atoms with Gasteiger partial charge >= 0.3 is 0 Å². The number of hydrogen-bond acceptors (Lipinski definition) is 3. The lowest BCUT2D eigenvalue weighted by Gasteiger charge is -2.37.